The molecule has 140 valence electrons. The Morgan fingerprint density at radius 3 is 2.85 bits per heavy atom. The highest BCUT2D eigenvalue weighted by Gasteiger charge is 2.23. The molecule has 0 bridgehead atoms. The van der Waals surface area contributed by atoms with E-state index in [2.05, 4.69) is 34.3 Å². The van der Waals surface area contributed by atoms with Gasteiger partial charge in [0.25, 0.3) is 5.56 Å². The lowest BCUT2D eigenvalue weighted by Gasteiger charge is -2.34. The van der Waals surface area contributed by atoms with Gasteiger partial charge in [0.1, 0.15) is 5.75 Å². The Balaban J connectivity index is 1.58. The molecule has 1 aromatic heterocycles. The zero-order chi connectivity index (χ0) is 18.5. The van der Waals surface area contributed by atoms with Crippen molar-refractivity contribution >= 4 is 5.82 Å². The van der Waals surface area contributed by atoms with Crippen molar-refractivity contribution in [3.8, 4) is 5.75 Å². The standard InChI is InChI=1S/C20H28N4O2/c1-15(16-6-8-18(26-3)9-7-16)13-22-17-5-4-11-24(14-17)19-20(25)23(2)12-10-21-19/h6-10,12,15,17,22H,4-5,11,13-14H2,1-3H3/t15-,17-/m0/s1. The normalized spacial score (nSPS) is 18.6. The summed E-state index contributed by atoms with van der Waals surface area (Å²) in [6.45, 7) is 4.84. The molecule has 1 aliphatic heterocycles. The zero-order valence-electron chi connectivity index (χ0n) is 15.8. The molecule has 0 radical (unpaired) electrons. The van der Waals surface area contributed by atoms with Gasteiger partial charge in [-0.2, -0.15) is 0 Å². The van der Waals surface area contributed by atoms with Crippen LogP contribution in [0.1, 0.15) is 31.2 Å². The van der Waals surface area contributed by atoms with Crippen LogP contribution in [0.25, 0.3) is 0 Å². The van der Waals surface area contributed by atoms with E-state index < -0.39 is 0 Å². The fourth-order valence-corrected chi connectivity index (χ4v) is 3.43. The number of aryl methyl sites for hydroxylation is 1. The molecule has 0 unspecified atom stereocenters. The Hall–Kier alpha value is -2.34. The van der Waals surface area contributed by atoms with E-state index in [0.717, 1.165) is 38.2 Å². The van der Waals surface area contributed by atoms with E-state index in [1.807, 2.05) is 12.1 Å². The molecule has 1 N–H and O–H groups in total. The Kier molecular flexibility index (Phi) is 5.93. The summed E-state index contributed by atoms with van der Waals surface area (Å²) in [7, 11) is 3.45. The maximum atomic E-state index is 12.3. The van der Waals surface area contributed by atoms with Crippen LogP contribution in [0.5, 0.6) is 5.75 Å². The predicted octanol–water partition coefficient (Wildman–Crippen LogP) is 2.15. The van der Waals surface area contributed by atoms with Crippen molar-refractivity contribution in [1.29, 1.82) is 0 Å². The number of nitrogens with zero attached hydrogens (tertiary/aromatic N) is 3. The van der Waals surface area contributed by atoms with Crippen molar-refractivity contribution in [2.45, 2.75) is 31.7 Å². The fraction of sp³-hybridized carbons (Fsp3) is 0.500. The van der Waals surface area contributed by atoms with Crippen LogP contribution in [0, 0.1) is 0 Å². The number of nitrogens with one attached hydrogen (secondary N) is 1. The van der Waals surface area contributed by atoms with Gasteiger partial charge in [0, 0.05) is 45.1 Å². The molecule has 26 heavy (non-hydrogen) atoms. The molecule has 3 rings (SSSR count). The number of hydrogen-bond acceptors (Lipinski definition) is 5. The highest BCUT2D eigenvalue weighted by atomic mass is 16.5. The predicted molar refractivity (Wildman–Crippen MR) is 104 cm³/mol. The molecule has 0 saturated carbocycles. The van der Waals surface area contributed by atoms with Crippen LogP contribution in [0.15, 0.2) is 41.5 Å². The second kappa shape index (κ2) is 8.36. The van der Waals surface area contributed by atoms with E-state index >= 15 is 0 Å². The lowest BCUT2D eigenvalue weighted by molar-refractivity contribution is 0.409. The molecule has 1 fully saturated rings. The van der Waals surface area contributed by atoms with Crippen molar-refractivity contribution in [3.05, 3.63) is 52.6 Å². The molecular weight excluding hydrogens is 328 g/mol. The number of hydrogen-bond donors (Lipinski definition) is 1. The molecule has 2 atom stereocenters. The van der Waals surface area contributed by atoms with E-state index in [4.69, 9.17) is 4.74 Å². The molecule has 2 heterocycles. The van der Waals surface area contributed by atoms with Crippen molar-refractivity contribution in [1.82, 2.24) is 14.9 Å². The van der Waals surface area contributed by atoms with Gasteiger partial charge in [0.15, 0.2) is 5.82 Å². The van der Waals surface area contributed by atoms with Gasteiger partial charge in [-0.25, -0.2) is 4.98 Å². The average Bonchev–Trinajstić information content (AvgIpc) is 2.68. The first-order valence-corrected chi connectivity index (χ1v) is 9.22. The van der Waals surface area contributed by atoms with Crippen molar-refractivity contribution in [2.24, 2.45) is 7.05 Å². The summed E-state index contributed by atoms with van der Waals surface area (Å²) in [6, 6.07) is 8.62. The van der Waals surface area contributed by atoms with Crippen LogP contribution in [-0.4, -0.2) is 42.3 Å². The topological polar surface area (TPSA) is 59.4 Å². The van der Waals surface area contributed by atoms with Crippen LogP contribution in [0.2, 0.25) is 0 Å². The number of rotatable bonds is 6. The quantitative estimate of drug-likeness (QED) is 0.859. The van der Waals surface area contributed by atoms with E-state index in [1.54, 1.807) is 31.1 Å². The van der Waals surface area contributed by atoms with Gasteiger partial charge in [0.2, 0.25) is 0 Å². The van der Waals surface area contributed by atoms with Crippen LogP contribution in [-0.2, 0) is 7.05 Å². The second-order valence-corrected chi connectivity index (χ2v) is 7.03. The van der Waals surface area contributed by atoms with Crippen LogP contribution in [0.3, 0.4) is 0 Å². The van der Waals surface area contributed by atoms with Crippen LogP contribution < -0.4 is 20.5 Å². The second-order valence-electron chi connectivity index (χ2n) is 7.03. The summed E-state index contributed by atoms with van der Waals surface area (Å²) >= 11 is 0. The molecule has 0 amide bonds. The minimum Gasteiger partial charge on any atom is -0.497 e. The van der Waals surface area contributed by atoms with Crippen molar-refractivity contribution in [3.63, 3.8) is 0 Å². The minimum atomic E-state index is -0.0280. The van der Waals surface area contributed by atoms with Crippen LogP contribution >= 0.6 is 0 Å². The molecule has 2 aromatic rings. The summed E-state index contributed by atoms with van der Waals surface area (Å²) in [5, 5.41) is 3.67. The molecular formula is C20H28N4O2. The first kappa shape index (κ1) is 18.5. The van der Waals surface area contributed by atoms with Crippen molar-refractivity contribution in [2.75, 3.05) is 31.6 Å². The van der Waals surface area contributed by atoms with Gasteiger partial charge < -0.3 is 19.5 Å². The molecule has 1 aliphatic rings. The Labute approximate surface area is 154 Å². The SMILES string of the molecule is COc1ccc([C@@H](C)CN[C@H]2CCCN(c3nccn(C)c3=O)C2)cc1. The number of piperidine rings is 1. The van der Waals surface area contributed by atoms with Crippen molar-refractivity contribution < 1.29 is 4.74 Å². The Morgan fingerprint density at radius 1 is 1.35 bits per heavy atom. The third-order valence-electron chi connectivity index (χ3n) is 5.12. The highest BCUT2D eigenvalue weighted by molar-refractivity contribution is 5.36. The molecule has 1 saturated heterocycles. The molecule has 6 heteroatoms. The largest absolute Gasteiger partial charge is 0.497 e. The van der Waals surface area contributed by atoms with E-state index in [-0.39, 0.29) is 5.56 Å². The van der Waals surface area contributed by atoms with Gasteiger partial charge in [-0.05, 0) is 36.5 Å². The van der Waals surface area contributed by atoms with Gasteiger partial charge in [0.05, 0.1) is 7.11 Å². The summed E-state index contributed by atoms with van der Waals surface area (Å²) < 4.78 is 6.81. The Bertz CT molecular complexity index is 772. The monoisotopic (exact) mass is 356 g/mol. The van der Waals surface area contributed by atoms with E-state index in [1.165, 1.54) is 5.56 Å². The van der Waals surface area contributed by atoms with Gasteiger partial charge >= 0.3 is 0 Å². The smallest absolute Gasteiger partial charge is 0.293 e. The number of anilines is 1. The summed E-state index contributed by atoms with van der Waals surface area (Å²) in [5.41, 5.74) is 1.27. The van der Waals surface area contributed by atoms with E-state index in [0.29, 0.717) is 17.8 Å². The number of methoxy groups -OCH3 is 1. The maximum absolute atomic E-state index is 12.3. The Morgan fingerprint density at radius 2 is 2.12 bits per heavy atom. The third kappa shape index (κ3) is 4.25. The average molecular weight is 356 g/mol. The molecule has 0 spiro atoms. The number of aromatic nitrogens is 2. The summed E-state index contributed by atoms with van der Waals surface area (Å²) in [5.74, 6) is 1.86. The van der Waals surface area contributed by atoms with Gasteiger partial charge in [-0.15, -0.1) is 0 Å². The molecule has 0 aliphatic carbocycles. The minimum absolute atomic E-state index is 0.0280. The van der Waals surface area contributed by atoms with Gasteiger partial charge in [-0.1, -0.05) is 19.1 Å². The number of ether oxygens (including phenoxy) is 1. The van der Waals surface area contributed by atoms with Crippen LogP contribution in [0.4, 0.5) is 5.82 Å². The fourth-order valence-electron chi connectivity index (χ4n) is 3.43. The summed E-state index contributed by atoms with van der Waals surface area (Å²) in [6.07, 6.45) is 5.58. The summed E-state index contributed by atoms with van der Waals surface area (Å²) in [4.78, 5) is 18.7. The molecule has 6 nitrogen and oxygen atoms in total. The molecule has 1 aromatic carbocycles. The first-order chi connectivity index (χ1) is 12.6. The van der Waals surface area contributed by atoms with E-state index in [9.17, 15) is 4.79 Å². The maximum Gasteiger partial charge on any atom is 0.293 e. The number of benzene rings is 1. The lowest BCUT2D eigenvalue weighted by Crippen LogP contribution is -2.48. The third-order valence-corrected chi connectivity index (χ3v) is 5.12. The lowest BCUT2D eigenvalue weighted by atomic mass is 9.99. The first-order valence-electron chi connectivity index (χ1n) is 9.22. The highest BCUT2D eigenvalue weighted by Crippen LogP contribution is 2.20. The zero-order valence-corrected chi connectivity index (χ0v) is 15.8. The van der Waals surface area contributed by atoms with Gasteiger partial charge in [-0.3, -0.25) is 4.79 Å².